The van der Waals surface area contributed by atoms with Crippen LogP contribution < -0.4 is 5.43 Å². The van der Waals surface area contributed by atoms with Crippen molar-refractivity contribution in [1.82, 2.24) is 19.7 Å². The van der Waals surface area contributed by atoms with Gasteiger partial charge in [0.25, 0.3) is 0 Å². The van der Waals surface area contributed by atoms with E-state index in [1.807, 2.05) is 13.8 Å². The molecule has 0 unspecified atom stereocenters. The van der Waals surface area contributed by atoms with E-state index in [1.165, 1.54) is 16.8 Å². The van der Waals surface area contributed by atoms with Crippen LogP contribution in [0.5, 0.6) is 0 Å². The predicted molar refractivity (Wildman–Crippen MR) is 123 cm³/mol. The molecule has 0 aliphatic carbocycles. The zero-order valence-electron chi connectivity index (χ0n) is 17.5. The summed E-state index contributed by atoms with van der Waals surface area (Å²) in [5.41, 5.74) is 0.698. The Bertz CT molecular complexity index is 1680. The standard InChI is InChI=1S/C23H13ClF4N4OS/c1-10-5-13-17(6-11(10)2)32(16-4-3-12(24)7-14(16)25)31-20(21(13)33)22-30-15-9-29-19(23(26,27)28)8-18(15)34-22/h3-9H,1-2H3. The van der Waals surface area contributed by atoms with E-state index in [-0.39, 0.29) is 37.0 Å². The van der Waals surface area contributed by atoms with Crippen molar-refractivity contribution in [3.8, 4) is 16.4 Å². The molecule has 0 atom stereocenters. The highest BCUT2D eigenvalue weighted by molar-refractivity contribution is 7.21. The van der Waals surface area contributed by atoms with Gasteiger partial charge >= 0.3 is 6.18 Å². The molecule has 172 valence electrons. The van der Waals surface area contributed by atoms with Gasteiger partial charge in [-0.3, -0.25) is 4.79 Å². The molecule has 34 heavy (non-hydrogen) atoms. The first kappa shape index (κ1) is 22.4. The Kier molecular flexibility index (Phi) is 5.18. The van der Waals surface area contributed by atoms with E-state index < -0.39 is 23.1 Å². The fourth-order valence-electron chi connectivity index (χ4n) is 3.55. The molecule has 3 heterocycles. The number of nitrogens with zero attached hydrogens (tertiary/aromatic N) is 4. The zero-order chi connectivity index (χ0) is 24.4. The topological polar surface area (TPSA) is 60.7 Å². The molecule has 5 aromatic rings. The molecule has 0 saturated carbocycles. The molecular weight excluding hydrogens is 492 g/mol. The minimum absolute atomic E-state index is 0.0565. The SMILES string of the molecule is Cc1cc2c(=O)c(-c3nc4cnc(C(F)(F)F)cc4s3)nn(-c3ccc(Cl)cc3F)c2cc1C. The smallest absolute Gasteiger partial charge is 0.287 e. The fraction of sp³-hybridized carbons (Fsp3) is 0.130. The number of aryl methyl sites for hydroxylation is 2. The lowest BCUT2D eigenvalue weighted by atomic mass is 10.1. The molecule has 5 nitrogen and oxygen atoms in total. The lowest BCUT2D eigenvalue weighted by molar-refractivity contribution is -0.141. The number of thiazole rings is 1. The Morgan fingerprint density at radius 1 is 1.06 bits per heavy atom. The minimum Gasteiger partial charge on any atom is -0.287 e. The van der Waals surface area contributed by atoms with Gasteiger partial charge in [0.2, 0.25) is 5.43 Å². The Hall–Kier alpha value is -3.37. The van der Waals surface area contributed by atoms with Crippen LogP contribution in [-0.2, 0) is 6.18 Å². The average Bonchev–Trinajstić information content (AvgIpc) is 3.18. The summed E-state index contributed by atoms with van der Waals surface area (Å²) in [6.45, 7) is 3.69. The molecule has 0 aliphatic heterocycles. The van der Waals surface area contributed by atoms with E-state index in [4.69, 9.17) is 11.6 Å². The van der Waals surface area contributed by atoms with Crippen molar-refractivity contribution in [2.75, 3.05) is 0 Å². The van der Waals surface area contributed by atoms with Crippen molar-refractivity contribution in [3.63, 3.8) is 0 Å². The zero-order valence-corrected chi connectivity index (χ0v) is 19.1. The second kappa shape index (κ2) is 7.85. The van der Waals surface area contributed by atoms with Gasteiger partial charge in [0, 0.05) is 5.02 Å². The van der Waals surface area contributed by atoms with Crippen LogP contribution in [0.3, 0.4) is 0 Å². The lowest BCUT2D eigenvalue weighted by Crippen LogP contribution is -2.16. The van der Waals surface area contributed by atoms with E-state index in [0.717, 1.165) is 40.8 Å². The number of alkyl halides is 3. The first-order valence-corrected chi connectivity index (χ1v) is 11.1. The van der Waals surface area contributed by atoms with Crippen LogP contribution in [0.1, 0.15) is 16.8 Å². The average molecular weight is 505 g/mol. The molecule has 0 fully saturated rings. The van der Waals surface area contributed by atoms with Crippen molar-refractivity contribution < 1.29 is 17.6 Å². The number of benzene rings is 2. The minimum atomic E-state index is -4.62. The number of aromatic nitrogens is 4. The summed E-state index contributed by atoms with van der Waals surface area (Å²) in [4.78, 5) is 21.1. The van der Waals surface area contributed by atoms with Crippen LogP contribution in [0.25, 0.3) is 37.5 Å². The number of rotatable bonds is 2. The third-order valence-electron chi connectivity index (χ3n) is 5.41. The second-order valence-corrected chi connectivity index (χ2v) is 9.16. The van der Waals surface area contributed by atoms with Gasteiger partial charge in [-0.25, -0.2) is 19.0 Å². The molecular formula is C23H13ClF4N4OS. The van der Waals surface area contributed by atoms with Crippen LogP contribution in [0.15, 0.2) is 47.4 Å². The first-order chi connectivity index (χ1) is 16.0. The molecule has 3 aromatic heterocycles. The number of halogens is 5. The summed E-state index contributed by atoms with van der Waals surface area (Å²) in [7, 11) is 0. The van der Waals surface area contributed by atoms with Gasteiger partial charge < -0.3 is 0 Å². The number of fused-ring (bicyclic) bond motifs is 2. The highest BCUT2D eigenvalue weighted by Crippen LogP contribution is 2.34. The predicted octanol–water partition coefficient (Wildman–Crippen LogP) is 6.49. The van der Waals surface area contributed by atoms with E-state index in [9.17, 15) is 22.4 Å². The molecule has 0 aliphatic rings. The molecule has 0 N–H and O–H groups in total. The van der Waals surface area contributed by atoms with Gasteiger partial charge in [-0.05, 0) is 61.4 Å². The Balaban J connectivity index is 1.82. The maximum Gasteiger partial charge on any atom is 0.433 e. The Morgan fingerprint density at radius 3 is 2.50 bits per heavy atom. The number of hydrogen-bond donors (Lipinski definition) is 0. The van der Waals surface area contributed by atoms with E-state index >= 15 is 0 Å². The van der Waals surface area contributed by atoms with Crippen LogP contribution in [0, 0.1) is 19.7 Å². The van der Waals surface area contributed by atoms with E-state index in [1.54, 1.807) is 12.1 Å². The quantitative estimate of drug-likeness (QED) is 0.258. The molecule has 0 spiro atoms. The lowest BCUT2D eigenvalue weighted by Gasteiger charge is -2.14. The summed E-state index contributed by atoms with van der Waals surface area (Å²) in [5.74, 6) is -0.655. The van der Waals surface area contributed by atoms with Crippen molar-refractivity contribution in [2.45, 2.75) is 20.0 Å². The Morgan fingerprint density at radius 2 is 1.79 bits per heavy atom. The van der Waals surface area contributed by atoms with Gasteiger partial charge in [-0.2, -0.15) is 18.3 Å². The monoisotopic (exact) mass is 504 g/mol. The van der Waals surface area contributed by atoms with Crippen LogP contribution in [0.2, 0.25) is 5.02 Å². The molecule has 0 saturated heterocycles. The molecule has 0 radical (unpaired) electrons. The van der Waals surface area contributed by atoms with Crippen LogP contribution >= 0.6 is 22.9 Å². The third-order valence-corrected chi connectivity index (χ3v) is 6.67. The Labute approximate surface area is 198 Å². The van der Waals surface area contributed by atoms with Gasteiger partial charge in [-0.1, -0.05) is 11.6 Å². The normalized spacial score (nSPS) is 12.1. The summed E-state index contributed by atoms with van der Waals surface area (Å²) < 4.78 is 55.6. The fourth-order valence-corrected chi connectivity index (χ4v) is 4.66. The van der Waals surface area contributed by atoms with Gasteiger partial charge in [0.15, 0.2) is 5.69 Å². The van der Waals surface area contributed by atoms with Gasteiger partial charge in [0.1, 0.15) is 27.7 Å². The maximum absolute atomic E-state index is 14.9. The molecule has 0 bridgehead atoms. The van der Waals surface area contributed by atoms with E-state index in [0.29, 0.717) is 5.52 Å². The molecule has 5 rings (SSSR count). The highest BCUT2D eigenvalue weighted by Gasteiger charge is 2.33. The van der Waals surface area contributed by atoms with Crippen molar-refractivity contribution >= 4 is 44.1 Å². The van der Waals surface area contributed by atoms with Gasteiger partial charge in [0.05, 0.1) is 21.8 Å². The van der Waals surface area contributed by atoms with Crippen LogP contribution in [-0.4, -0.2) is 19.7 Å². The van der Waals surface area contributed by atoms with Crippen LogP contribution in [0.4, 0.5) is 17.6 Å². The summed E-state index contributed by atoms with van der Waals surface area (Å²) in [5, 5.41) is 4.96. The number of hydrogen-bond acceptors (Lipinski definition) is 5. The van der Waals surface area contributed by atoms with E-state index in [2.05, 4.69) is 15.1 Å². The third kappa shape index (κ3) is 3.72. The summed E-state index contributed by atoms with van der Waals surface area (Å²) in [6, 6.07) is 8.35. The molecule has 11 heteroatoms. The molecule has 0 amide bonds. The molecule has 2 aromatic carbocycles. The van der Waals surface area contributed by atoms with Crippen molar-refractivity contribution in [1.29, 1.82) is 0 Å². The second-order valence-electron chi connectivity index (χ2n) is 7.69. The summed E-state index contributed by atoms with van der Waals surface area (Å²) in [6.07, 6.45) is -3.61. The largest absolute Gasteiger partial charge is 0.433 e. The maximum atomic E-state index is 14.9. The van der Waals surface area contributed by atoms with Crippen molar-refractivity contribution in [3.05, 3.63) is 80.5 Å². The van der Waals surface area contributed by atoms with Crippen molar-refractivity contribution in [2.24, 2.45) is 0 Å². The first-order valence-electron chi connectivity index (χ1n) is 9.87. The highest BCUT2D eigenvalue weighted by atomic mass is 35.5. The van der Waals surface area contributed by atoms with Gasteiger partial charge in [-0.15, -0.1) is 11.3 Å². The summed E-state index contributed by atoms with van der Waals surface area (Å²) >= 11 is 6.78. The number of pyridine rings is 1.